The first-order valence-corrected chi connectivity index (χ1v) is 11.7. The number of piperazine rings is 1. The molecule has 4 rings (SSSR count). The lowest BCUT2D eigenvalue weighted by Crippen LogP contribution is -3.18. The summed E-state index contributed by atoms with van der Waals surface area (Å²) in [4.78, 5) is 14.7. The number of carbonyl (C=O) groups excluding carboxylic acids is 1. The van der Waals surface area contributed by atoms with Crippen LogP contribution < -0.4 is 10.5 Å². The van der Waals surface area contributed by atoms with E-state index in [0.29, 0.717) is 49.8 Å². The summed E-state index contributed by atoms with van der Waals surface area (Å²) in [5, 5.41) is 17.7. The SMILES string of the molecule is Cc1c(CN2CCN([NH+]([O-])C3CCCC3)CC2)cc(F)cc1NC(=O)C1CCCC1F. The number of halogens is 2. The van der Waals surface area contributed by atoms with Crippen molar-refractivity contribution in [2.75, 3.05) is 31.5 Å². The molecule has 0 spiro atoms. The second-order valence-corrected chi connectivity index (χ2v) is 9.36. The lowest BCUT2D eigenvalue weighted by molar-refractivity contribution is -0.994. The molecule has 0 bridgehead atoms. The number of hydrogen-bond donors (Lipinski definition) is 2. The van der Waals surface area contributed by atoms with Gasteiger partial charge in [-0.15, -0.1) is 0 Å². The molecule has 2 saturated carbocycles. The molecule has 2 N–H and O–H groups in total. The number of nitrogens with zero attached hydrogens (tertiary/aromatic N) is 2. The Kier molecular flexibility index (Phi) is 7.21. The van der Waals surface area contributed by atoms with Gasteiger partial charge in [0.1, 0.15) is 18.0 Å². The van der Waals surface area contributed by atoms with Crippen LogP contribution in [0.15, 0.2) is 12.1 Å². The standard InChI is InChI=1S/C23H34F2N4O2/c1-16-17(13-18(24)14-22(16)26-23(30)20-7-4-8-21(20)25)15-27-9-11-28(12-10-27)29(31)19-5-2-3-6-19/h13-14,19-21,29H,2-12,15H2,1H3,(H,26,30). The Morgan fingerprint density at radius 3 is 2.48 bits per heavy atom. The van der Waals surface area contributed by atoms with Crippen LogP contribution in [0.1, 0.15) is 56.1 Å². The highest BCUT2D eigenvalue weighted by atomic mass is 19.1. The highest BCUT2D eigenvalue weighted by molar-refractivity contribution is 5.94. The Bertz CT molecular complexity index is 779. The zero-order chi connectivity index (χ0) is 22.0. The molecule has 3 fully saturated rings. The molecule has 8 heteroatoms. The molecule has 1 saturated heterocycles. The maximum atomic E-state index is 14.3. The molecule has 1 amide bonds. The van der Waals surface area contributed by atoms with Crippen molar-refractivity contribution in [2.45, 2.75) is 70.6 Å². The summed E-state index contributed by atoms with van der Waals surface area (Å²) in [6.07, 6.45) is 4.89. The van der Waals surface area contributed by atoms with Gasteiger partial charge in [0.05, 0.1) is 19.0 Å². The van der Waals surface area contributed by atoms with Crippen LogP contribution in [-0.2, 0) is 11.3 Å². The minimum Gasteiger partial charge on any atom is -0.613 e. The van der Waals surface area contributed by atoms with Gasteiger partial charge < -0.3 is 10.5 Å². The minimum absolute atomic E-state index is 0.201. The fourth-order valence-electron chi connectivity index (χ4n) is 5.26. The van der Waals surface area contributed by atoms with Crippen molar-refractivity contribution in [3.8, 4) is 0 Å². The quantitative estimate of drug-likeness (QED) is 0.673. The van der Waals surface area contributed by atoms with E-state index in [9.17, 15) is 18.8 Å². The minimum atomic E-state index is -1.11. The van der Waals surface area contributed by atoms with Gasteiger partial charge in [-0.1, -0.05) is 0 Å². The summed E-state index contributed by atoms with van der Waals surface area (Å²) in [5.74, 6) is -1.41. The molecule has 172 valence electrons. The molecule has 0 radical (unpaired) electrons. The normalized spacial score (nSPS) is 27.0. The van der Waals surface area contributed by atoms with E-state index in [-0.39, 0.29) is 11.9 Å². The lowest BCUT2D eigenvalue weighted by Gasteiger charge is -2.42. The fourth-order valence-corrected chi connectivity index (χ4v) is 5.26. The van der Waals surface area contributed by atoms with Crippen molar-refractivity contribution in [1.29, 1.82) is 0 Å². The van der Waals surface area contributed by atoms with Crippen molar-refractivity contribution in [2.24, 2.45) is 5.92 Å². The number of amides is 1. The second-order valence-electron chi connectivity index (χ2n) is 9.36. The van der Waals surface area contributed by atoms with Gasteiger partial charge in [-0.2, -0.15) is 5.01 Å². The number of anilines is 1. The van der Waals surface area contributed by atoms with Crippen LogP contribution in [0.2, 0.25) is 0 Å². The molecule has 1 aliphatic heterocycles. The van der Waals surface area contributed by atoms with E-state index in [1.54, 1.807) is 0 Å². The van der Waals surface area contributed by atoms with Crippen molar-refractivity contribution >= 4 is 11.6 Å². The molecule has 2 aliphatic carbocycles. The molecule has 0 aromatic heterocycles. The van der Waals surface area contributed by atoms with Crippen LogP contribution in [0.25, 0.3) is 0 Å². The van der Waals surface area contributed by atoms with Gasteiger partial charge in [-0.25, -0.2) is 8.78 Å². The van der Waals surface area contributed by atoms with Gasteiger partial charge in [0.2, 0.25) is 5.91 Å². The Balaban J connectivity index is 1.36. The van der Waals surface area contributed by atoms with Crippen molar-refractivity contribution in [1.82, 2.24) is 9.91 Å². The summed E-state index contributed by atoms with van der Waals surface area (Å²) in [6.45, 7) is 5.34. The highest BCUT2D eigenvalue weighted by Gasteiger charge is 2.33. The summed E-state index contributed by atoms with van der Waals surface area (Å²) in [5.41, 5.74) is 2.05. The summed E-state index contributed by atoms with van der Waals surface area (Å²) < 4.78 is 28.2. The summed E-state index contributed by atoms with van der Waals surface area (Å²) in [7, 11) is 0. The molecule has 1 aromatic carbocycles. The van der Waals surface area contributed by atoms with E-state index in [0.717, 1.165) is 49.9 Å². The van der Waals surface area contributed by atoms with Crippen LogP contribution in [0, 0.1) is 23.9 Å². The van der Waals surface area contributed by atoms with E-state index < -0.39 is 17.9 Å². The first-order chi connectivity index (χ1) is 14.9. The number of benzene rings is 1. The first kappa shape index (κ1) is 22.6. The average molecular weight is 437 g/mol. The zero-order valence-electron chi connectivity index (χ0n) is 18.3. The number of hydrogen-bond acceptors (Lipinski definition) is 4. The molecule has 1 heterocycles. The van der Waals surface area contributed by atoms with Crippen LogP contribution in [0.4, 0.5) is 14.5 Å². The summed E-state index contributed by atoms with van der Waals surface area (Å²) in [6, 6.07) is 3.03. The smallest absolute Gasteiger partial charge is 0.230 e. The zero-order valence-corrected chi connectivity index (χ0v) is 18.3. The van der Waals surface area contributed by atoms with Crippen LogP contribution in [0.3, 0.4) is 0 Å². The fraction of sp³-hybridized carbons (Fsp3) is 0.696. The maximum absolute atomic E-state index is 14.3. The number of quaternary nitrogens is 1. The predicted molar refractivity (Wildman–Crippen MR) is 115 cm³/mol. The highest BCUT2D eigenvalue weighted by Crippen LogP contribution is 2.30. The molecule has 3 atom stereocenters. The Hall–Kier alpha value is -1.61. The first-order valence-electron chi connectivity index (χ1n) is 11.7. The number of nitrogens with one attached hydrogen (secondary N) is 2. The third-order valence-electron chi connectivity index (χ3n) is 7.29. The topological polar surface area (TPSA) is 63.1 Å². The Labute approximate surface area is 183 Å². The van der Waals surface area contributed by atoms with E-state index in [1.165, 1.54) is 12.1 Å². The van der Waals surface area contributed by atoms with E-state index in [1.807, 2.05) is 11.9 Å². The monoisotopic (exact) mass is 436 g/mol. The van der Waals surface area contributed by atoms with Gasteiger partial charge >= 0.3 is 0 Å². The molecule has 1 aromatic rings. The molecular formula is C23H34F2N4O2. The molecular weight excluding hydrogens is 402 g/mol. The van der Waals surface area contributed by atoms with Gasteiger partial charge in [-0.05, 0) is 62.3 Å². The molecule has 3 unspecified atom stereocenters. The molecule has 31 heavy (non-hydrogen) atoms. The van der Waals surface area contributed by atoms with Crippen molar-refractivity contribution < 1.29 is 18.7 Å². The van der Waals surface area contributed by atoms with E-state index >= 15 is 0 Å². The van der Waals surface area contributed by atoms with Crippen LogP contribution in [-0.4, -0.2) is 54.2 Å². The van der Waals surface area contributed by atoms with Gasteiger partial charge in [0, 0.05) is 38.2 Å². The maximum Gasteiger partial charge on any atom is 0.230 e. The van der Waals surface area contributed by atoms with Crippen molar-refractivity contribution in [3.05, 3.63) is 34.3 Å². The number of hydroxylamine groups is 1. The van der Waals surface area contributed by atoms with Gasteiger partial charge in [0.15, 0.2) is 0 Å². The van der Waals surface area contributed by atoms with Gasteiger partial charge in [0.25, 0.3) is 0 Å². The number of carbonyl (C=O) groups is 1. The van der Waals surface area contributed by atoms with E-state index in [2.05, 4.69) is 10.2 Å². The third-order valence-corrected chi connectivity index (χ3v) is 7.29. The van der Waals surface area contributed by atoms with E-state index in [4.69, 9.17) is 0 Å². The average Bonchev–Trinajstić information content (AvgIpc) is 3.43. The number of alkyl halides is 1. The Morgan fingerprint density at radius 2 is 1.84 bits per heavy atom. The Morgan fingerprint density at radius 1 is 1.13 bits per heavy atom. The van der Waals surface area contributed by atoms with Gasteiger partial charge in [-0.3, -0.25) is 14.9 Å². The summed E-state index contributed by atoms with van der Waals surface area (Å²) >= 11 is 0. The van der Waals surface area contributed by atoms with Crippen molar-refractivity contribution in [3.63, 3.8) is 0 Å². The third kappa shape index (κ3) is 5.25. The molecule has 6 nitrogen and oxygen atoms in total. The number of rotatable bonds is 6. The van der Waals surface area contributed by atoms with Crippen LogP contribution >= 0.6 is 0 Å². The molecule has 3 aliphatic rings. The largest absolute Gasteiger partial charge is 0.613 e. The second kappa shape index (κ2) is 9.90. The predicted octanol–water partition coefficient (Wildman–Crippen LogP) is 2.57. The van der Waals surface area contributed by atoms with Crippen LogP contribution in [0.5, 0.6) is 0 Å². The lowest BCUT2D eigenvalue weighted by atomic mass is 10.0.